The van der Waals surface area contributed by atoms with Gasteiger partial charge in [0.15, 0.2) is 0 Å². The van der Waals surface area contributed by atoms with Crippen molar-refractivity contribution in [2.45, 2.75) is 24.6 Å². The van der Waals surface area contributed by atoms with Crippen LogP contribution in [0.2, 0.25) is 0 Å². The third-order valence-electron chi connectivity index (χ3n) is 3.41. The fraction of sp³-hybridized carbons (Fsp3) is 0.357. The molecule has 3 nitrogen and oxygen atoms in total. The highest BCUT2D eigenvalue weighted by atomic mass is 79.9. The van der Waals surface area contributed by atoms with Crippen molar-refractivity contribution in [3.8, 4) is 5.69 Å². The van der Waals surface area contributed by atoms with Crippen LogP contribution in [0.4, 0.5) is 0 Å². The quantitative estimate of drug-likeness (QED) is 0.866. The number of rotatable bonds is 4. The molecule has 0 saturated heterocycles. The maximum atomic E-state index is 12.4. The van der Waals surface area contributed by atoms with Crippen molar-refractivity contribution >= 4 is 15.9 Å². The number of hydrogen-bond donors (Lipinski definition) is 1. The van der Waals surface area contributed by atoms with Gasteiger partial charge in [-0.25, -0.2) is 4.68 Å². The van der Waals surface area contributed by atoms with Crippen molar-refractivity contribution in [1.29, 1.82) is 0 Å². The van der Waals surface area contributed by atoms with Gasteiger partial charge in [0.1, 0.15) is 0 Å². The Morgan fingerprint density at radius 3 is 2.61 bits per heavy atom. The second-order valence-corrected chi connectivity index (χ2v) is 5.39. The number of hydrogen-bond acceptors (Lipinski definition) is 1. The van der Waals surface area contributed by atoms with E-state index in [1.807, 2.05) is 30.3 Å². The molecule has 1 aliphatic carbocycles. The van der Waals surface area contributed by atoms with Gasteiger partial charge in [0, 0.05) is 10.9 Å². The highest BCUT2D eigenvalue weighted by Crippen LogP contribution is 2.32. The van der Waals surface area contributed by atoms with Crippen LogP contribution in [0, 0.1) is 5.92 Å². The standard InChI is InChI=1S/C14H15BrN2O/c15-9-13-12(8-10-6-7-10)14(18)17(16-13)11-4-2-1-3-5-11/h1-5,10,16H,6-9H2. The maximum Gasteiger partial charge on any atom is 0.274 e. The summed E-state index contributed by atoms with van der Waals surface area (Å²) in [5.41, 5.74) is 2.95. The molecule has 0 aliphatic heterocycles. The first kappa shape index (κ1) is 11.8. The van der Waals surface area contributed by atoms with Crippen molar-refractivity contribution in [2.75, 3.05) is 0 Å². The number of alkyl halides is 1. The monoisotopic (exact) mass is 306 g/mol. The molecule has 4 heteroatoms. The SMILES string of the molecule is O=c1c(CC2CC2)c(CBr)[nH]n1-c1ccccc1. The summed E-state index contributed by atoms with van der Waals surface area (Å²) < 4.78 is 1.65. The zero-order valence-corrected chi connectivity index (χ0v) is 11.6. The fourth-order valence-corrected chi connectivity index (χ4v) is 2.67. The number of halogens is 1. The van der Waals surface area contributed by atoms with E-state index < -0.39 is 0 Å². The Hall–Kier alpha value is -1.29. The first-order chi connectivity index (χ1) is 8.79. The van der Waals surface area contributed by atoms with E-state index in [4.69, 9.17) is 0 Å². The van der Waals surface area contributed by atoms with Crippen LogP contribution < -0.4 is 5.56 Å². The number of aromatic amines is 1. The van der Waals surface area contributed by atoms with Gasteiger partial charge in [-0.1, -0.05) is 34.1 Å². The number of nitrogens with zero attached hydrogens (tertiary/aromatic N) is 1. The molecule has 94 valence electrons. The third kappa shape index (κ3) is 2.17. The third-order valence-corrected chi connectivity index (χ3v) is 3.97. The minimum Gasteiger partial charge on any atom is -0.294 e. The smallest absolute Gasteiger partial charge is 0.274 e. The van der Waals surface area contributed by atoms with E-state index in [0.717, 1.165) is 29.3 Å². The Labute approximate surface area is 114 Å². The van der Waals surface area contributed by atoms with Crippen LogP contribution in [0.1, 0.15) is 24.1 Å². The van der Waals surface area contributed by atoms with Gasteiger partial charge in [0.25, 0.3) is 5.56 Å². The van der Waals surface area contributed by atoms with E-state index in [9.17, 15) is 4.79 Å². The fourth-order valence-electron chi connectivity index (χ4n) is 2.21. The van der Waals surface area contributed by atoms with E-state index in [-0.39, 0.29) is 5.56 Å². The lowest BCUT2D eigenvalue weighted by atomic mass is 10.1. The Balaban J connectivity index is 2.05. The normalized spacial score (nSPS) is 14.9. The first-order valence-corrected chi connectivity index (χ1v) is 7.36. The molecule has 1 heterocycles. The van der Waals surface area contributed by atoms with Gasteiger partial charge in [-0.2, -0.15) is 0 Å². The lowest BCUT2D eigenvalue weighted by Crippen LogP contribution is -2.17. The number of benzene rings is 1. The van der Waals surface area contributed by atoms with Gasteiger partial charge in [-0.3, -0.25) is 9.89 Å². The predicted octanol–water partition coefficient (Wildman–Crippen LogP) is 3.01. The Morgan fingerprint density at radius 2 is 2.00 bits per heavy atom. The second kappa shape index (κ2) is 4.76. The summed E-state index contributed by atoms with van der Waals surface area (Å²) in [6.45, 7) is 0. The molecule has 1 aromatic heterocycles. The van der Waals surface area contributed by atoms with E-state index in [2.05, 4.69) is 21.0 Å². The molecule has 3 rings (SSSR count). The average molecular weight is 307 g/mol. The van der Waals surface area contributed by atoms with Gasteiger partial charge in [-0.05, 0) is 37.3 Å². The van der Waals surface area contributed by atoms with Crippen molar-refractivity contribution in [3.05, 3.63) is 51.9 Å². The van der Waals surface area contributed by atoms with E-state index in [1.54, 1.807) is 4.68 Å². The van der Waals surface area contributed by atoms with Crippen LogP contribution in [-0.2, 0) is 11.8 Å². The molecular formula is C14H15BrN2O. The molecule has 0 radical (unpaired) electrons. The summed E-state index contributed by atoms with van der Waals surface area (Å²) in [4.78, 5) is 12.4. The number of para-hydroxylation sites is 1. The van der Waals surface area contributed by atoms with Crippen molar-refractivity contribution < 1.29 is 0 Å². The molecule has 2 aromatic rings. The minimum atomic E-state index is 0.0996. The van der Waals surface area contributed by atoms with Crippen LogP contribution in [0.25, 0.3) is 5.69 Å². The van der Waals surface area contributed by atoms with E-state index >= 15 is 0 Å². The zero-order chi connectivity index (χ0) is 12.5. The van der Waals surface area contributed by atoms with Gasteiger partial charge in [0.2, 0.25) is 0 Å². The Kier molecular flexibility index (Phi) is 3.12. The summed E-state index contributed by atoms with van der Waals surface area (Å²) in [5, 5.41) is 3.90. The predicted molar refractivity (Wildman–Crippen MR) is 75.4 cm³/mol. The highest BCUT2D eigenvalue weighted by molar-refractivity contribution is 9.08. The molecule has 1 aliphatic rings. The maximum absolute atomic E-state index is 12.4. The molecule has 1 fully saturated rings. The highest BCUT2D eigenvalue weighted by Gasteiger charge is 2.26. The molecule has 1 N–H and O–H groups in total. The molecule has 18 heavy (non-hydrogen) atoms. The van der Waals surface area contributed by atoms with Gasteiger partial charge in [-0.15, -0.1) is 0 Å². The first-order valence-electron chi connectivity index (χ1n) is 6.23. The van der Waals surface area contributed by atoms with Crippen LogP contribution in [0.15, 0.2) is 35.1 Å². The Morgan fingerprint density at radius 1 is 1.28 bits per heavy atom. The molecular weight excluding hydrogens is 292 g/mol. The summed E-state index contributed by atoms with van der Waals surface area (Å²) in [7, 11) is 0. The molecule has 0 amide bonds. The van der Waals surface area contributed by atoms with Crippen molar-refractivity contribution in [3.63, 3.8) is 0 Å². The van der Waals surface area contributed by atoms with Gasteiger partial charge in [0.05, 0.1) is 11.4 Å². The minimum absolute atomic E-state index is 0.0996. The average Bonchev–Trinajstić information content (AvgIpc) is 3.17. The largest absolute Gasteiger partial charge is 0.294 e. The van der Waals surface area contributed by atoms with Crippen LogP contribution in [0.3, 0.4) is 0 Å². The molecule has 1 saturated carbocycles. The van der Waals surface area contributed by atoms with Crippen LogP contribution in [0.5, 0.6) is 0 Å². The van der Waals surface area contributed by atoms with E-state index in [0.29, 0.717) is 5.33 Å². The van der Waals surface area contributed by atoms with Gasteiger partial charge < -0.3 is 0 Å². The topological polar surface area (TPSA) is 37.8 Å². The Bertz CT molecular complexity index is 596. The molecule has 0 atom stereocenters. The van der Waals surface area contributed by atoms with Crippen molar-refractivity contribution in [2.24, 2.45) is 5.92 Å². The number of H-pyrrole nitrogens is 1. The van der Waals surface area contributed by atoms with Crippen molar-refractivity contribution in [1.82, 2.24) is 9.78 Å². The number of nitrogens with one attached hydrogen (secondary N) is 1. The van der Waals surface area contributed by atoms with Crippen LogP contribution >= 0.6 is 15.9 Å². The molecule has 0 spiro atoms. The summed E-state index contributed by atoms with van der Waals surface area (Å²) in [5.74, 6) is 0.718. The second-order valence-electron chi connectivity index (χ2n) is 4.83. The summed E-state index contributed by atoms with van der Waals surface area (Å²) >= 11 is 3.46. The van der Waals surface area contributed by atoms with E-state index in [1.165, 1.54) is 12.8 Å². The molecule has 1 aromatic carbocycles. The zero-order valence-electron chi connectivity index (χ0n) is 10.0. The number of aromatic nitrogens is 2. The molecule has 0 unspecified atom stereocenters. The lowest BCUT2D eigenvalue weighted by Gasteiger charge is -1.99. The molecule has 0 bridgehead atoms. The summed E-state index contributed by atoms with van der Waals surface area (Å²) in [6.07, 6.45) is 3.44. The lowest BCUT2D eigenvalue weighted by molar-refractivity contribution is 0.813. The van der Waals surface area contributed by atoms with Gasteiger partial charge >= 0.3 is 0 Å². The van der Waals surface area contributed by atoms with Crippen LogP contribution in [-0.4, -0.2) is 9.78 Å². The summed E-state index contributed by atoms with van der Waals surface area (Å²) in [6, 6.07) is 9.72.